The molecule has 1 N–H and O–H groups in total. The van der Waals surface area contributed by atoms with Crippen molar-refractivity contribution in [2.75, 3.05) is 0 Å². The van der Waals surface area contributed by atoms with E-state index in [2.05, 4.69) is 0 Å². The fourth-order valence-corrected chi connectivity index (χ4v) is 1.22. The maximum atomic E-state index is 9.24. The molecule has 0 saturated carbocycles. The van der Waals surface area contributed by atoms with Gasteiger partial charge in [-0.3, -0.25) is 0 Å². The van der Waals surface area contributed by atoms with Gasteiger partial charge < -0.3 is 4.80 Å². The minimum atomic E-state index is -1.76. The molecule has 0 aromatic heterocycles. The first-order chi connectivity index (χ1) is 3.56. The van der Waals surface area contributed by atoms with E-state index in [4.69, 9.17) is 0 Å². The molecule has 2 heteroatoms. The van der Waals surface area contributed by atoms with Gasteiger partial charge in [0.1, 0.15) is 0 Å². The van der Waals surface area contributed by atoms with Crippen molar-refractivity contribution in [2.24, 2.45) is 0 Å². The van der Waals surface area contributed by atoms with E-state index in [0.29, 0.717) is 0 Å². The fraction of sp³-hybridized carbons (Fsp3) is 0.667. The lowest BCUT2D eigenvalue weighted by Gasteiger charge is -2.08. The van der Waals surface area contributed by atoms with E-state index in [-0.39, 0.29) is 0 Å². The summed E-state index contributed by atoms with van der Waals surface area (Å²) in [5, 5.41) is 0. The quantitative estimate of drug-likeness (QED) is 0.446. The minimum absolute atomic E-state index is 0.878. The van der Waals surface area contributed by atoms with E-state index in [9.17, 15) is 4.80 Å². The molecule has 48 valence electrons. The molecule has 8 heavy (non-hydrogen) atoms. The second-order valence-corrected chi connectivity index (χ2v) is 6.62. The Balaban J connectivity index is 3.39. The van der Waals surface area contributed by atoms with Crippen molar-refractivity contribution in [3.63, 3.8) is 0 Å². The smallest absolute Gasteiger partial charge is 0.186 e. The molecule has 0 unspecified atom stereocenters. The Kier molecular flexibility index (Phi) is 3.01. The zero-order valence-corrected chi connectivity index (χ0v) is 6.81. The van der Waals surface area contributed by atoms with Gasteiger partial charge in [0.25, 0.3) is 0 Å². The van der Waals surface area contributed by atoms with Gasteiger partial charge in [-0.25, -0.2) is 0 Å². The normalized spacial score (nSPS) is 13.0. The van der Waals surface area contributed by atoms with Crippen molar-refractivity contribution >= 4 is 8.32 Å². The topological polar surface area (TPSA) is 20.2 Å². The molecule has 0 fully saturated rings. The van der Waals surface area contributed by atoms with Crippen LogP contribution in [0.3, 0.4) is 0 Å². The highest BCUT2D eigenvalue weighted by Gasteiger charge is 2.12. The summed E-state index contributed by atoms with van der Waals surface area (Å²) in [5.74, 6) is 0. The molecule has 0 aliphatic rings. The van der Waals surface area contributed by atoms with Crippen LogP contribution in [0.2, 0.25) is 19.1 Å². The fourth-order valence-electron chi connectivity index (χ4n) is 0.406. The van der Waals surface area contributed by atoms with Gasteiger partial charge in [-0.05, 0) is 26.1 Å². The van der Waals surface area contributed by atoms with E-state index in [1.807, 2.05) is 32.2 Å². The molecule has 0 atom stereocenters. The van der Waals surface area contributed by atoms with Gasteiger partial charge in [-0.1, -0.05) is 12.2 Å². The molecule has 0 rings (SSSR count). The monoisotopic (exact) mass is 130 g/mol. The number of rotatable bonds is 2. The van der Waals surface area contributed by atoms with Gasteiger partial charge in [-0.15, -0.1) is 0 Å². The van der Waals surface area contributed by atoms with Crippen LogP contribution < -0.4 is 0 Å². The Morgan fingerprint density at radius 2 is 2.00 bits per heavy atom. The van der Waals surface area contributed by atoms with Crippen molar-refractivity contribution in [1.82, 2.24) is 0 Å². The van der Waals surface area contributed by atoms with Gasteiger partial charge in [0, 0.05) is 0 Å². The lowest BCUT2D eigenvalue weighted by atomic mass is 10.6. The largest absolute Gasteiger partial charge is 0.432 e. The summed E-state index contributed by atoms with van der Waals surface area (Å²) in [5.41, 5.74) is 0. The summed E-state index contributed by atoms with van der Waals surface area (Å²) in [4.78, 5) is 9.24. The first-order valence-corrected chi connectivity index (χ1v) is 6.05. The maximum absolute atomic E-state index is 9.24. The van der Waals surface area contributed by atoms with Crippen molar-refractivity contribution in [3.05, 3.63) is 12.2 Å². The van der Waals surface area contributed by atoms with Crippen LogP contribution in [0.5, 0.6) is 0 Å². The Bertz CT molecular complexity index is 81.0. The second-order valence-electron chi connectivity index (χ2n) is 2.59. The average Bonchev–Trinajstić information content (AvgIpc) is 1.59. The van der Waals surface area contributed by atoms with Gasteiger partial charge in [-0.2, -0.15) is 0 Å². The van der Waals surface area contributed by atoms with E-state index in [1.165, 1.54) is 0 Å². The number of allylic oxidation sites excluding steroid dienone is 2. The van der Waals surface area contributed by atoms with Crippen LogP contribution >= 0.6 is 0 Å². The molecule has 0 amide bonds. The summed E-state index contributed by atoms with van der Waals surface area (Å²) in [6.45, 7) is 5.85. The molecule has 0 bridgehead atoms. The Morgan fingerprint density at radius 1 is 1.50 bits per heavy atom. The van der Waals surface area contributed by atoms with Crippen LogP contribution in [0, 0.1) is 0 Å². The predicted molar refractivity (Wildman–Crippen MR) is 39.3 cm³/mol. The SMILES string of the molecule is CC=CC[Si](C)(C)O. The van der Waals surface area contributed by atoms with Crippen LogP contribution in [-0.2, 0) is 0 Å². The van der Waals surface area contributed by atoms with Gasteiger partial charge in [0.05, 0.1) is 0 Å². The van der Waals surface area contributed by atoms with E-state index < -0.39 is 8.32 Å². The highest BCUT2D eigenvalue weighted by atomic mass is 28.4. The van der Waals surface area contributed by atoms with E-state index in [0.717, 1.165) is 6.04 Å². The third-order valence-corrected chi connectivity index (χ3v) is 2.09. The van der Waals surface area contributed by atoms with Crippen LogP contribution in [0.1, 0.15) is 6.92 Å². The molecule has 0 aliphatic carbocycles. The Morgan fingerprint density at radius 3 is 2.12 bits per heavy atom. The van der Waals surface area contributed by atoms with Crippen LogP contribution in [-0.4, -0.2) is 13.1 Å². The molecule has 0 aliphatic heterocycles. The molecular formula is C6H14OSi. The third-order valence-electron chi connectivity index (χ3n) is 0.853. The molecule has 0 saturated heterocycles. The molecule has 0 aromatic carbocycles. The van der Waals surface area contributed by atoms with E-state index >= 15 is 0 Å². The summed E-state index contributed by atoms with van der Waals surface area (Å²) in [7, 11) is -1.76. The Labute approximate surface area is 52.2 Å². The van der Waals surface area contributed by atoms with Gasteiger partial charge in [0.2, 0.25) is 0 Å². The first-order valence-electron chi connectivity index (χ1n) is 2.90. The molecular weight excluding hydrogens is 116 g/mol. The van der Waals surface area contributed by atoms with Crippen molar-refractivity contribution in [2.45, 2.75) is 26.1 Å². The average molecular weight is 130 g/mol. The second kappa shape index (κ2) is 3.05. The Hall–Kier alpha value is -0.0831. The highest BCUT2D eigenvalue weighted by molar-refractivity contribution is 6.70. The highest BCUT2D eigenvalue weighted by Crippen LogP contribution is 2.03. The van der Waals surface area contributed by atoms with E-state index in [1.54, 1.807) is 0 Å². The number of hydrogen-bond acceptors (Lipinski definition) is 1. The molecule has 0 spiro atoms. The summed E-state index contributed by atoms with van der Waals surface area (Å²) < 4.78 is 0. The summed E-state index contributed by atoms with van der Waals surface area (Å²) >= 11 is 0. The molecule has 0 aromatic rings. The summed E-state index contributed by atoms with van der Waals surface area (Å²) in [6, 6.07) is 0.878. The zero-order chi connectivity index (χ0) is 6.62. The van der Waals surface area contributed by atoms with Crippen LogP contribution in [0.15, 0.2) is 12.2 Å². The van der Waals surface area contributed by atoms with Crippen molar-refractivity contribution < 1.29 is 4.80 Å². The lowest BCUT2D eigenvalue weighted by molar-refractivity contribution is 0.554. The van der Waals surface area contributed by atoms with Crippen LogP contribution in [0.25, 0.3) is 0 Å². The third kappa shape index (κ3) is 5.92. The standard InChI is InChI=1S/C6H14OSi/c1-4-5-6-8(2,3)7/h4-5,7H,6H2,1-3H3. The maximum Gasteiger partial charge on any atom is 0.186 e. The van der Waals surface area contributed by atoms with Gasteiger partial charge >= 0.3 is 0 Å². The predicted octanol–water partition coefficient (Wildman–Crippen LogP) is 1.76. The van der Waals surface area contributed by atoms with Crippen molar-refractivity contribution in [3.8, 4) is 0 Å². The molecule has 1 nitrogen and oxygen atoms in total. The van der Waals surface area contributed by atoms with Crippen molar-refractivity contribution in [1.29, 1.82) is 0 Å². The molecule has 0 heterocycles. The lowest BCUT2D eigenvalue weighted by Crippen LogP contribution is -2.22. The zero-order valence-electron chi connectivity index (χ0n) is 5.81. The summed E-state index contributed by atoms with van der Waals surface area (Å²) in [6.07, 6.45) is 4.00. The number of hydrogen-bond donors (Lipinski definition) is 1. The van der Waals surface area contributed by atoms with Crippen LogP contribution in [0.4, 0.5) is 0 Å². The first kappa shape index (κ1) is 7.92. The van der Waals surface area contributed by atoms with Gasteiger partial charge in [0.15, 0.2) is 8.32 Å². The molecule has 0 radical (unpaired) electrons. The minimum Gasteiger partial charge on any atom is -0.432 e.